The number of carbonyl (C=O) groups excluding carboxylic acids is 1. The van der Waals surface area contributed by atoms with Crippen molar-refractivity contribution in [2.45, 2.75) is 32.4 Å². The predicted molar refractivity (Wildman–Crippen MR) is 116 cm³/mol. The lowest BCUT2D eigenvalue weighted by Gasteiger charge is -2.30. The smallest absolute Gasteiger partial charge is 0.227 e. The van der Waals surface area contributed by atoms with E-state index >= 15 is 0 Å². The van der Waals surface area contributed by atoms with Crippen LogP contribution in [0.2, 0.25) is 0 Å². The molecule has 1 N–H and O–H groups in total. The van der Waals surface area contributed by atoms with Crippen molar-refractivity contribution in [2.75, 3.05) is 18.4 Å². The van der Waals surface area contributed by atoms with Crippen LogP contribution in [0.5, 0.6) is 0 Å². The van der Waals surface area contributed by atoms with E-state index in [1.807, 2.05) is 56.3 Å². The molecular formula is C21H25BrN2O3S. The number of nitrogens with one attached hydrogen (secondary N) is 1. The zero-order valence-electron chi connectivity index (χ0n) is 16.1. The summed E-state index contributed by atoms with van der Waals surface area (Å²) in [5, 5.41) is 2.95. The highest BCUT2D eigenvalue weighted by molar-refractivity contribution is 9.10. The quantitative estimate of drug-likeness (QED) is 0.718. The molecule has 1 aliphatic rings. The van der Waals surface area contributed by atoms with Gasteiger partial charge >= 0.3 is 0 Å². The van der Waals surface area contributed by atoms with Gasteiger partial charge in [-0.1, -0.05) is 40.2 Å². The van der Waals surface area contributed by atoms with Crippen LogP contribution >= 0.6 is 15.9 Å². The maximum Gasteiger partial charge on any atom is 0.227 e. The van der Waals surface area contributed by atoms with Gasteiger partial charge in [-0.05, 0) is 61.6 Å². The average molecular weight is 465 g/mol. The molecule has 0 radical (unpaired) electrons. The SMILES string of the molecule is Cc1cc(NC(=O)C2CCN(S(=O)(=O)Cc3ccccc3C)CC2)ccc1Br. The second kappa shape index (κ2) is 8.76. The number of hydrogen-bond donors (Lipinski definition) is 1. The van der Waals surface area contributed by atoms with Crippen molar-refractivity contribution < 1.29 is 13.2 Å². The largest absolute Gasteiger partial charge is 0.326 e. The molecule has 1 aliphatic heterocycles. The first-order chi connectivity index (χ1) is 13.3. The summed E-state index contributed by atoms with van der Waals surface area (Å²) in [5.41, 5.74) is 3.62. The summed E-state index contributed by atoms with van der Waals surface area (Å²) in [5.74, 6) is -0.208. The molecule has 5 nitrogen and oxygen atoms in total. The molecule has 0 bridgehead atoms. The van der Waals surface area contributed by atoms with Crippen molar-refractivity contribution in [3.05, 3.63) is 63.6 Å². The van der Waals surface area contributed by atoms with Crippen molar-refractivity contribution in [3.63, 3.8) is 0 Å². The van der Waals surface area contributed by atoms with E-state index in [0.29, 0.717) is 25.9 Å². The molecular weight excluding hydrogens is 440 g/mol. The molecule has 0 aromatic heterocycles. The Bertz CT molecular complexity index is 967. The highest BCUT2D eigenvalue weighted by atomic mass is 79.9. The Labute approximate surface area is 175 Å². The first-order valence-corrected chi connectivity index (χ1v) is 11.8. The maximum atomic E-state index is 12.8. The van der Waals surface area contributed by atoms with E-state index in [4.69, 9.17) is 0 Å². The predicted octanol–water partition coefficient (Wildman–Crippen LogP) is 4.25. The number of halogens is 1. The number of sulfonamides is 1. The van der Waals surface area contributed by atoms with Gasteiger partial charge in [-0.15, -0.1) is 0 Å². The Balaban J connectivity index is 1.58. The molecule has 2 aromatic carbocycles. The van der Waals surface area contributed by atoms with E-state index in [2.05, 4.69) is 21.2 Å². The van der Waals surface area contributed by atoms with Crippen LogP contribution in [0, 0.1) is 19.8 Å². The van der Waals surface area contributed by atoms with Crippen LogP contribution < -0.4 is 5.32 Å². The van der Waals surface area contributed by atoms with E-state index in [1.54, 1.807) is 0 Å². The van der Waals surface area contributed by atoms with E-state index in [1.165, 1.54) is 4.31 Å². The van der Waals surface area contributed by atoms with Gasteiger partial charge in [0.25, 0.3) is 0 Å². The van der Waals surface area contributed by atoms with Crippen LogP contribution in [0.3, 0.4) is 0 Å². The first-order valence-electron chi connectivity index (χ1n) is 9.35. The van der Waals surface area contributed by atoms with Crippen molar-refractivity contribution in [1.29, 1.82) is 0 Å². The van der Waals surface area contributed by atoms with Gasteiger partial charge < -0.3 is 5.32 Å². The molecule has 1 amide bonds. The van der Waals surface area contributed by atoms with Crippen LogP contribution in [0.15, 0.2) is 46.9 Å². The fourth-order valence-electron chi connectivity index (χ4n) is 3.42. The molecule has 3 rings (SSSR count). The molecule has 28 heavy (non-hydrogen) atoms. The summed E-state index contributed by atoms with van der Waals surface area (Å²) in [4.78, 5) is 12.6. The Hall–Kier alpha value is -1.70. The summed E-state index contributed by atoms with van der Waals surface area (Å²) in [6.07, 6.45) is 1.07. The van der Waals surface area contributed by atoms with E-state index in [9.17, 15) is 13.2 Å². The van der Waals surface area contributed by atoms with Gasteiger partial charge in [0.1, 0.15) is 0 Å². The molecule has 0 aliphatic carbocycles. The van der Waals surface area contributed by atoms with Crippen molar-refractivity contribution in [2.24, 2.45) is 5.92 Å². The third-order valence-electron chi connectivity index (χ3n) is 5.24. The Morgan fingerprint density at radius 2 is 1.79 bits per heavy atom. The minimum Gasteiger partial charge on any atom is -0.326 e. The normalized spacial score (nSPS) is 16.1. The Morgan fingerprint density at radius 3 is 2.43 bits per heavy atom. The van der Waals surface area contributed by atoms with Crippen molar-refractivity contribution >= 4 is 37.5 Å². The lowest BCUT2D eigenvalue weighted by molar-refractivity contribution is -0.120. The van der Waals surface area contributed by atoms with Gasteiger partial charge in [-0.3, -0.25) is 4.79 Å². The zero-order valence-corrected chi connectivity index (χ0v) is 18.5. The molecule has 1 heterocycles. The van der Waals surface area contributed by atoms with Gasteiger partial charge in [-0.25, -0.2) is 12.7 Å². The van der Waals surface area contributed by atoms with E-state index in [0.717, 1.165) is 26.9 Å². The summed E-state index contributed by atoms with van der Waals surface area (Å²) in [7, 11) is -3.38. The van der Waals surface area contributed by atoms with E-state index in [-0.39, 0.29) is 17.6 Å². The number of nitrogens with zero attached hydrogens (tertiary/aromatic N) is 1. The van der Waals surface area contributed by atoms with Crippen LogP contribution in [-0.2, 0) is 20.6 Å². The van der Waals surface area contributed by atoms with Gasteiger partial charge in [0, 0.05) is 29.2 Å². The summed E-state index contributed by atoms with van der Waals surface area (Å²) >= 11 is 3.45. The number of anilines is 1. The molecule has 1 fully saturated rings. The third-order valence-corrected chi connectivity index (χ3v) is 7.96. The highest BCUT2D eigenvalue weighted by Crippen LogP contribution is 2.25. The molecule has 0 saturated carbocycles. The van der Waals surface area contributed by atoms with E-state index < -0.39 is 10.0 Å². The number of piperidine rings is 1. The Kier molecular flexibility index (Phi) is 6.58. The van der Waals surface area contributed by atoms with Crippen LogP contribution in [-0.4, -0.2) is 31.7 Å². The lowest BCUT2D eigenvalue weighted by atomic mass is 9.97. The van der Waals surface area contributed by atoms with Crippen molar-refractivity contribution in [1.82, 2.24) is 4.31 Å². The zero-order chi connectivity index (χ0) is 20.3. The van der Waals surface area contributed by atoms with Crippen LogP contribution in [0.1, 0.15) is 29.5 Å². The number of aryl methyl sites for hydroxylation is 2. The molecule has 150 valence electrons. The van der Waals surface area contributed by atoms with Gasteiger partial charge in [0.05, 0.1) is 5.75 Å². The molecule has 1 saturated heterocycles. The minimum absolute atomic E-state index is 0.00864. The summed E-state index contributed by atoms with van der Waals surface area (Å²) in [6.45, 7) is 4.65. The number of amides is 1. The standard InChI is InChI=1S/C21H25BrN2O3S/c1-15-5-3-4-6-18(15)14-28(26,27)24-11-9-17(10-12-24)21(25)23-19-7-8-20(22)16(2)13-19/h3-8,13,17H,9-12,14H2,1-2H3,(H,23,25). The minimum atomic E-state index is -3.38. The fraction of sp³-hybridized carbons (Fsp3) is 0.381. The molecule has 0 unspecified atom stereocenters. The number of benzene rings is 2. The second-order valence-electron chi connectivity index (χ2n) is 7.31. The van der Waals surface area contributed by atoms with Gasteiger partial charge in [0.2, 0.25) is 15.9 Å². The summed E-state index contributed by atoms with van der Waals surface area (Å²) in [6, 6.07) is 13.2. The number of carbonyl (C=O) groups is 1. The average Bonchev–Trinajstić information content (AvgIpc) is 2.66. The van der Waals surface area contributed by atoms with Crippen LogP contribution in [0.4, 0.5) is 5.69 Å². The molecule has 0 spiro atoms. The molecule has 0 atom stereocenters. The number of rotatable bonds is 5. The van der Waals surface area contributed by atoms with Gasteiger partial charge in [-0.2, -0.15) is 0 Å². The second-order valence-corrected chi connectivity index (χ2v) is 10.1. The highest BCUT2D eigenvalue weighted by Gasteiger charge is 2.31. The third kappa shape index (κ3) is 5.01. The topological polar surface area (TPSA) is 66.5 Å². The molecule has 7 heteroatoms. The monoisotopic (exact) mass is 464 g/mol. The lowest BCUT2D eigenvalue weighted by Crippen LogP contribution is -2.42. The Morgan fingerprint density at radius 1 is 1.11 bits per heavy atom. The van der Waals surface area contributed by atoms with Gasteiger partial charge in [0.15, 0.2) is 0 Å². The van der Waals surface area contributed by atoms with Crippen molar-refractivity contribution in [3.8, 4) is 0 Å². The number of hydrogen-bond acceptors (Lipinski definition) is 3. The maximum absolute atomic E-state index is 12.8. The summed E-state index contributed by atoms with van der Waals surface area (Å²) < 4.78 is 28.0. The fourth-order valence-corrected chi connectivity index (χ4v) is 5.34. The molecule has 2 aromatic rings. The first kappa shape index (κ1) is 21.0. The van der Waals surface area contributed by atoms with Crippen LogP contribution in [0.25, 0.3) is 0 Å².